The van der Waals surface area contributed by atoms with Crippen molar-refractivity contribution in [2.24, 2.45) is 0 Å². The van der Waals surface area contributed by atoms with Crippen LogP contribution in [0.25, 0.3) is 0 Å². The van der Waals surface area contributed by atoms with Crippen LogP contribution in [0.1, 0.15) is 74.9 Å². The lowest BCUT2D eigenvalue weighted by molar-refractivity contribution is 0.0980. The summed E-state index contributed by atoms with van der Waals surface area (Å²) < 4.78 is 31.1. The van der Waals surface area contributed by atoms with Crippen LogP contribution in [-0.4, -0.2) is 20.0 Å². The van der Waals surface area contributed by atoms with Gasteiger partial charge < -0.3 is 15.8 Å². The summed E-state index contributed by atoms with van der Waals surface area (Å²) in [6.07, 6.45) is 0. The van der Waals surface area contributed by atoms with Gasteiger partial charge in [0.15, 0.2) is 17.3 Å². The molecule has 0 fully saturated rings. The number of carbonyl (C=O) groups is 2. The first-order valence-electron chi connectivity index (χ1n) is 13.4. The Morgan fingerprint density at radius 1 is 0.833 bits per heavy atom. The van der Waals surface area contributed by atoms with E-state index in [4.69, 9.17) is 21.2 Å². The number of rotatable bonds is 5. The molecule has 0 atom stereocenters. The molecule has 4 aromatic rings. The van der Waals surface area contributed by atoms with Gasteiger partial charge in [0.25, 0.3) is 9.05 Å². The van der Waals surface area contributed by atoms with Crippen LogP contribution in [0, 0.1) is 20.8 Å². The molecule has 0 spiro atoms. The van der Waals surface area contributed by atoms with Gasteiger partial charge in [-0.05, 0) is 60.6 Å². The van der Waals surface area contributed by atoms with E-state index in [0.717, 1.165) is 11.1 Å². The lowest BCUT2D eigenvalue weighted by Crippen LogP contribution is -2.24. The average molecular weight is 603 g/mol. The van der Waals surface area contributed by atoms with E-state index in [-0.39, 0.29) is 55.5 Å². The first-order chi connectivity index (χ1) is 19.6. The van der Waals surface area contributed by atoms with Crippen LogP contribution in [0.4, 0.5) is 17.1 Å². The maximum Gasteiger partial charge on any atom is 0.261 e. The van der Waals surface area contributed by atoms with Crippen molar-refractivity contribution in [3.05, 3.63) is 105 Å². The predicted octanol–water partition coefficient (Wildman–Crippen LogP) is 7.73. The number of hydrogen-bond acceptors (Lipinski definition) is 7. The van der Waals surface area contributed by atoms with Crippen molar-refractivity contribution in [2.45, 2.75) is 51.9 Å². The molecule has 1 aliphatic rings. The highest BCUT2D eigenvalue weighted by molar-refractivity contribution is 8.13. The summed E-state index contributed by atoms with van der Waals surface area (Å²) in [4.78, 5) is 27.6. The molecule has 7 nitrogen and oxygen atoms in total. The smallest absolute Gasteiger partial charge is 0.261 e. The number of ketones is 2. The van der Waals surface area contributed by atoms with Gasteiger partial charge in [0.05, 0.1) is 27.4 Å². The Morgan fingerprint density at radius 2 is 1.40 bits per heavy atom. The van der Waals surface area contributed by atoms with Gasteiger partial charge in [-0.3, -0.25) is 9.59 Å². The molecule has 0 saturated heterocycles. The highest BCUT2D eigenvalue weighted by Crippen LogP contribution is 2.44. The van der Waals surface area contributed by atoms with Gasteiger partial charge in [0.2, 0.25) is 0 Å². The second kappa shape index (κ2) is 10.3. The van der Waals surface area contributed by atoms with Gasteiger partial charge in [-0.2, -0.15) is 0 Å². The molecule has 0 bridgehead atoms. The quantitative estimate of drug-likeness (QED) is 0.156. The predicted molar refractivity (Wildman–Crippen MR) is 166 cm³/mol. The molecule has 0 saturated carbocycles. The van der Waals surface area contributed by atoms with Crippen LogP contribution in [0.3, 0.4) is 0 Å². The number of nitrogens with one attached hydrogen (secondary N) is 1. The van der Waals surface area contributed by atoms with E-state index in [1.54, 1.807) is 50.2 Å². The molecule has 4 aromatic carbocycles. The number of nitrogen functional groups attached to an aromatic ring is 1. The number of nitrogens with two attached hydrogens (primary N) is 1. The normalized spacial score (nSPS) is 13.0. The van der Waals surface area contributed by atoms with Crippen LogP contribution in [0.5, 0.6) is 11.5 Å². The minimum atomic E-state index is -4.08. The number of halogens is 1. The Morgan fingerprint density at radius 3 is 1.95 bits per heavy atom. The summed E-state index contributed by atoms with van der Waals surface area (Å²) in [5.41, 5.74) is 10.5. The van der Waals surface area contributed by atoms with Crippen molar-refractivity contribution < 1.29 is 22.7 Å². The zero-order valence-electron chi connectivity index (χ0n) is 24.2. The fourth-order valence-corrected chi connectivity index (χ4v) is 7.12. The number of aryl methyl sites for hydroxylation is 2. The second-order valence-electron chi connectivity index (χ2n) is 11.6. The maximum absolute atomic E-state index is 13.9. The monoisotopic (exact) mass is 602 g/mol. The fourth-order valence-electron chi connectivity index (χ4n) is 5.50. The Bertz CT molecular complexity index is 1910. The molecular weight excluding hydrogens is 572 g/mol. The molecule has 3 N–H and O–H groups in total. The SMILES string of the molecule is Cc1cc(C)c(S(=O)(=O)Cl)c(C)c1Nc1cc(Oc2ccc(C(C)(C)C)cc2)c(N)c2c1C(=O)c1ccccc1C2=O. The van der Waals surface area contributed by atoms with E-state index in [1.165, 1.54) is 0 Å². The van der Waals surface area contributed by atoms with Crippen molar-refractivity contribution in [3.8, 4) is 11.5 Å². The first kappa shape index (κ1) is 29.4. The van der Waals surface area contributed by atoms with Gasteiger partial charge in [-0.1, -0.05) is 63.2 Å². The van der Waals surface area contributed by atoms with E-state index in [1.807, 2.05) is 31.2 Å². The van der Waals surface area contributed by atoms with Gasteiger partial charge in [-0.15, -0.1) is 0 Å². The number of carbonyl (C=O) groups excluding carboxylic acids is 2. The van der Waals surface area contributed by atoms with Crippen LogP contribution in [-0.2, 0) is 14.5 Å². The lowest BCUT2D eigenvalue weighted by atomic mass is 9.82. The third kappa shape index (κ3) is 5.05. The largest absolute Gasteiger partial charge is 0.455 e. The molecule has 5 rings (SSSR count). The third-order valence-corrected chi connectivity index (χ3v) is 9.13. The van der Waals surface area contributed by atoms with Crippen molar-refractivity contribution in [1.29, 1.82) is 0 Å². The molecule has 0 aromatic heterocycles. The molecule has 216 valence electrons. The number of benzene rings is 4. The van der Waals surface area contributed by atoms with E-state index in [9.17, 15) is 18.0 Å². The molecule has 9 heteroatoms. The topological polar surface area (TPSA) is 116 Å². The van der Waals surface area contributed by atoms with E-state index in [2.05, 4.69) is 26.1 Å². The summed E-state index contributed by atoms with van der Waals surface area (Å²) in [6.45, 7) is 11.4. The van der Waals surface area contributed by atoms with Crippen LogP contribution < -0.4 is 15.8 Å². The summed E-state index contributed by atoms with van der Waals surface area (Å²) in [6, 6.07) is 17.4. The Kier molecular flexibility index (Phi) is 7.19. The summed E-state index contributed by atoms with van der Waals surface area (Å²) in [5.74, 6) is -0.125. The van der Waals surface area contributed by atoms with Gasteiger partial charge in [0.1, 0.15) is 5.75 Å². The van der Waals surface area contributed by atoms with E-state index < -0.39 is 14.8 Å². The molecule has 0 aliphatic heterocycles. The highest BCUT2D eigenvalue weighted by Gasteiger charge is 2.35. The van der Waals surface area contributed by atoms with E-state index in [0.29, 0.717) is 22.6 Å². The summed E-state index contributed by atoms with van der Waals surface area (Å²) in [7, 11) is 1.72. The van der Waals surface area contributed by atoms with E-state index >= 15 is 0 Å². The number of ether oxygens (including phenoxy) is 1. The zero-order valence-corrected chi connectivity index (χ0v) is 25.8. The Labute approximate surface area is 250 Å². The van der Waals surface area contributed by atoms with Crippen molar-refractivity contribution in [1.82, 2.24) is 0 Å². The van der Waals surface area contributed by atoms with Crippen molar-refractivity contribution >= 4 is 48.4 Å². The first-order valence-corrected chi connectivity index (χ1v) is 15.7. The molecule has 0 amide bonds. The number of fused-ring (bicyclic) bond motifs is 2. The van der Waals surface area contributed by atoms with Gasteiger partial charge in [-0.25, -0.2) is 8.42 Å². The maximum atomic E-state index is 13.9. The standard InChI is InChI=1S/C33H31ClN2O5S/c1-17-15-18(2)32(42(34,39)40)19(3)29(17)36-24-16-25(41-21-13-11-20(12-14-21)33(4,5)6)28(35)27-26(24)30(37)22-9-7-8-10-23(22)31(27)38/h7-16,36H,35H2,1-6H3. The van der Waals surface area contributed by atoms with Gasteiger partial charge >= 0.3 is 0 Å². The molecule has 0 radical (unpaired) electrons. The molecular formula is C33H31ClN2O5S. The molecule has 42 heavy (non-hydrogen) atoms. The zero-order chi connectivity index (χ0) is 30.7. The number of hydrogen-bond donors (Lipinski definition) is 2. The molecule has 0 heterocycles. The molecule has 1 aliphatic carbocycles. The van der Waals surface area contributed by atoms with Crippen LogP contribution >= 0.6 is 10.7 Å². The average Bonchev–Trinajstić information content (AvgIpc) is 2.90. The van der Waals surface area contributed by atoms with Gasteiger partial charge in [0, 0.05) is 33.6 Å². The second-order valence-corrected chi connectivity index (χ2v) is 14.1. The minimum Gasteiger partial charge on any atom is -0.455 e. The Balaban J connectivity index is 1.72. The molecule has 0 unspecified atom stereocenters. The van der Waals surface area contributed by atoms with Crippen molar-refractivity contribution in [3.63, 3.8) is 0 Å². The summed E-state index contributed by atoms with van der Waals surface area (Å²) in [5, 5.41) is 3.24. The fraction of sp³-hybridized carbons (Fsp3) is 0.212. The number of anilines is 3. The van der Waals surface area contributed by atoms with Crippen LogP contribution in [0.15, 0.2) is 65.6 Å². The third-order valence-electron chi connectivity index (χ3n) is 7.55. The minimum absolute atomic E-state index is 0.0234. The highest BCUT2D eigenvalue weighted by atomic mass is 35.7. The van der Waals surface area contributed by atoms with Crippen LogP contribution in [0.2, 0.25) is 0 Å². The lowest BCUT2D eigenvalue weighted by Gasteiger charge is -2.25. The summed E-state index contributed by atoms with van der Waals surface area (Å²) >= 11 is 0. The Hall–Kier alpha value is -4.14. The van der Waals surface area contributed by atoms with Crippen molar-refractivity contribution in [2.75, 3.05) is 11.1 Å².